The van der Waals surface area contributed by atoms with E-state index in [4.69, 9.17) is 4.74 Å². The van der Waals surface area contributed by atoms with Gasteiger partial charge in [0, 0.05) is 16.8 Å². The molecule has 0 saturated carbocycles. The van der Waals surface area contributed by atoms with E-state index in [0.29, 0.717) is 22.8 Å². The molecule has 0 aliphatic carbocycles. The molecule has 0 aliphatic heterocycles. The molecule has 0 bridgehead atoms. The largest absolute Gasteiger partial charge is 0.496 e. The number of hydrogen-bond donors (Lipinski definition) is 1. The van der Waals surface area contributed by atoms with E-state index in [2.05, 4.69) is 20.8 Å². The summed E-state index contributed by atoms with van der Waals surface area (Å²) in [6.07, 6.45) is 1.84. The smallest absolute Gasteiger partial charge is 0.256 e. The number of aromatic nitrogens is 4. The van der Waals surface area contributed by atoms with Crippen LogP contribution in [0.15, 0.2) is 72.8 Å². The van der Waals surface area contributed by atoms with Crippen LogP contribution in [0.2, 0.25) is 0 Å². The number of carbonyl (C=O) groups excluding carboxylic acids is 1. The summed E-state index contributed by atoms with van der Waals surface area (Å²) in [5, 5.41) is 14.7. The van der Waals surface area contributed by atoms with Gasteiger partial charge in [-0.25, -0.2) is 0 Å². The van der Waals surface area contributed by atoms with Gasteiger partial charge in [-0.1, -0.05) is 54.6 Å². The molecule has 32 heavy (non-hydrogen) atoms. The number of nitrogens with one attached hydrogen (secondary N) is 1. The second-order valence-electron chi connectivity index (χ2n) is 7.26. The second-order valence-corrected chi connectivity index (χ2v) is 7.26. The third-order valence-electron chi connectivity index (χ3n) is 5.09. The van der Waals surface area contributed by atoms with Crippen molar-refractivity contribution in [2.24, 2.45) is 0 Å². The average molecular weight is 425 g/mol. The Morgan fingerprint density at radius 1 is 1.00 bits per heavy atom. The maximum Gasteiger partial charge on any atom is 0.256 e. The van der Waals surface area contributed by atoms with Crippen molar-refractivity contribution >= 4 is 23.2 Å². The van der Waals surface area contributed by atoms with Gasteiger partial charge in [0.15, 0.2) is 5.82 Å². The van der Waals surface area contributed by atoms with Crippen molar-refractivity contribution in [1.29, 1.82) is 0 Å². The lowest BCUT2D eigenvalue weighted by atomic mass is 10.0. The van der Waals surface area contributed by atoms with Gasteiger partial charge < -0.3 is 10.1 Å². The monoisotopic (exact) mass is 425 g/mol. The zero-order valence-electron chi connectivity index (χ0n) is 18.1. The van der Waals surface area contributed by atoms with Gasteiger partial charge in [-0.15, -0.1) is 5.10 Å². The SMILES string of the molecule is COc1ccccc1/C=C(/C(=O)Nc1ccc(C)c(-n2nnnc2C)c1)c1ccccc1. The molecule has 0 saturated heterocycles. The summed E-state index contributed by atoms with van der Waals surface area (Å²) in [4.78, 5) is 13.4. The van der Waals surface area contributed by atoms with Crippen molar-refractivity contribution in [3.8, 4) is 11.4 Å². The van der Waals surface area contributed by atoms with Crippen LogP contribution in [0.4, 0.5) is 5.69 Å². The van der Waals surface area contributed by atoms with Crippen molar-refractivity contribution in [2.75, 3.05) is 12.4 Å². The number of aryl methyl sites for hydroxylation is 2. The van der Waals surface area contributed by atoms with Gasteiger partial charge in [-0.2, -0.15) is 4.68 Å². The number of tetrazole rings is 1. The highest BCUT2D eigenvalue weighted by atomic mass is 16.5. The van der Waals surface area contributed by atoms with E-state index < -0.39 is 0 Å². The first-order chi connectivity index (χ1) is 15.6. The number of rotatable bonds is 6. The Bertz CT molecular complexity index is 1280. The van der Waals surface area contributed by atoms with Gasteiger partial charge in [-0.3, -0.25) is 4.79 Å². The molecule has 0 atom stereocenters. The van der Waals surface area contributed by atoms with Crippen LogP contribution in [-0.2, 0) is 4.79 Å². The quantitative estimate of drug-likeness (QED) is 0.364. The number of methoxy groups -OCH3 is 1. The predicted molar refractivity (Wildman–Crippen MR) is 125 cm³/mol. The highest BCUT2D eigenvalue weighted by Gasteiger charge is 2.15. The van der Waals surface area contributed by atoms with Gasteiger partial charge in [0.25, 0.3) is 5.91 Å². The summed E-state index contributed by atoms with van der Waals surface area (Å²) < 4.78 is 7.11. The number of hydrogen-bond acceptors (Lipinski definition) is 5. The topological polar surface area (TPSA) is 81.9 Å². The number of benzene rings is 3. The van der Waals surface area contributed by atoms with Gasteiger partial charge in [0.2, 0.25) is 0 Å². The third-order valence-corrected chi connectivity index (χ3v) is 5.09. The van der Waals surface area contributed by atoms with Gasteiger partial charge in [0.05, 0.1) is 12.8 Å². The Hall–Kier alpha value is -4.26. The molecule has 3 aromatic carbocycles. The molecular formula is C25H23N5O2. The lowest BCUT2D eigenvalue weighted by molar-refractivity contribution is -0.111. The summed E-state index contributed by atoms with van der Waals surface area (Å²) in [7, 11) is 1.61. The molecule has 0 spiro atoms. The van der Waals surface area contributed by atoms with Crippen molar-refractivity contribution in [2.45, 2.75) is 13.8 Å². The zero-order valence-corrected chi connectivity index (χ0v) is 18.1. The lowest BCUT2D eigenvalue weighted by Gasteiger charge is -2.13. The van der Waals surface area contributed by atoms with Crippen LogP contribution in [0.25, 0.3) is 17.3 Å². The minimum absolute atomic E-state index is 0.231. The third kappa shape index (κ3) is 4.41. The Kier molecular flexibility index (Phi) is 6.07. The molecule has 7 nitrogen and oxygen atoms in total. The van der Waals surface area contributed by atoms with Gasteiger partial charge >= 0.3 is 0 Å². The second kappa shape index (κ2) is 9.26. The zero-order chi connectivity index (χ0) is 22.5. The summed E-state index contributed by atoms with van der Waals surface area (Å²) in [5.74, 6) is 1.13. The van der Waals surface area contributed by atoms with E-state index in [0.717, 1.165) is 22.4 Å². The molecule has 1 amide bonds. The van der Waals surface area contributed by atoms with Crippen molar-refractivity contribution in [3.05, 3.63) is 95.3 Å². The Balaban J connectivity index is 1.72. The maximum atomic E-state index is 13.4. The van der Waals surface area contributed by atoms with E-state index in [1.807, 2.05) is 92.7 Å². The number of nitrogens with zero attached hydrogens (tertiary/aromatic N) is 4. The number of ether oxygens (including phenoxy) is 1. The van der Waals surface area contributed by atoms with Crippen LogP contribution in [0, 0.1) is 13.8 Å². The van der Waals surface area contributed by atoms with Crippen LogP contribution in [0.3, 0.4) is 0 Å². The van der Waals surface area contributed by atoms with Crippen molar-refractivity contribution in [1.82, 2.24) is 20.2 Å². The molecule has 0 fully saturated rings. The normalized spacial score (nSPS) is 11.3. The lowest BCUT2D eigenvalue weighted by Crippen LogP contribution is -2.14. The molecule has 1 heterocycles. The van der Waals surface area contributed by atoms with Crippen molar-refractivity contribution < 1.29 is 9.53 Å². The van der Waals surface area contributed by atoms with Gasteiger partial charge in [-0.05, 0) is 59.7 Å². The molecule has 0 unspecified atom stereocenters. The van der Waals surface area contributed by atoms with E-state index in [-0.39, 0.29) is 5.91 Å². The summed E-state index contributed by atoms with van der Waals surface area (Å²) in [6.45, 7) is 3.80. The molecule has 7 heteroatoms. The maximum absolute atomic E-state index is 13.4. The minimum atomic E-state index is -0.231. The molecule has 4 aromatic rings. The molecule has 160 valence electrons. The van der Waals surface area contributed by atoms with Crippen LogP contribution < -0.4 is 10.1 Å². The fourth-order valence-electron chi connectivity index (χ4n) is 3.41. The Morgan fingerprint density at radius 2 is 1.75 bits per heavy atom. The minimum Gasteiger partial charge on any atom is -0.496 e. The van der Waals surface area contributed by atoms with Crippen LogP contribution >= 0.6 is 0 Å². The Morgan fingerprint density at radius 3 is 2.47 bits per heavy atom. The first-order valence-corrected chi connectivity index (χ1v) is 10.1. The van der Waals surface area contributed by atoms with Crippen LogP contribution in [0.5, 0.6) is 5.75 Å². The molecule has 0 aliphatic rings. The molecular weight excluding hydrogens is 402 g/mol. The summed E-state index contributed by atoms with van der Waals surface area (Å²) in [6, 6.07) is 22.8. The van der Waals surface area contributed by atoms with E-state index in [9.17, 15) is 4.79 Å². The van der Waals surface area contributed by atoms with Crippen LogP contribution in [-0.4, -0.2) is 33.2 Å². The van der Waals surface area contributed by atoms with Crippen LogP contribution in [0.1, 0.15) is 22.5 Å². The standard InChI is InChI=1S/C25H23N5O2/c1-17-13-14-21(16-23(17)30-18(2)27-28-29-30)26-25(31)22(19-9-5-4-6-10-19)15-20-11-7-8-12-24(20)32-3/h4-16H,1-3H3,(H,26,31)/b22-15+. The highest BCUT2D eigenvalue weighted by molar-refractivity contribution is 6.29. The fourth-order valence-corrected chi connectivity index (χ4v) is 3.41. The first-order valence-electron chi connectivity index (χ1n) is 10.1. The molecule has 1 aromatic heterocycles. The number of para-hydroxylation sites is 1. The summed E-state index contributed by atoms with van der Waals surface area (Å²) >= 11 is 0. The van der Waals surface area contributed by atoms with E-state index >= 15 is 0 Å². The fraction of sp³-hybridized carbons (Fsp3) is 0.120. The highest BCUT2D eigenvalue weighted by Crippen LogP contribution is 2.26. The Labute approximate surface area is 186 Å². The molecule has 4 rings (SSSR count). The molecule has 1 N–H and O–H groups in total. The molecule has 0 radical (unpaired) electrons. The number of anilines is 1. The average Bonchev–Trinajstić information content (AvgIpc) is 3.25. The van der Waals surface area contributed by atoms with Crippen molar-refractivity contribution in [3.63, 3.8) is 0 Å². The van der Waals surface area contributed by atoms with E-state index in [1.54, 1.807) is 11.8 Å². The number of carbonyl (C=O) groups is 1. The number of amides is 1. The van der Waals surface area contributed by atoms with E-state index in [1.165, 1.54) is 0 Å². The van der Waals surface area contributed by atoms with Gasteiger partial charge in [0.1, 0.15) is 5.75 Å². The predicted octanol–water partition coefficient (Wildman–Crippen LogP) is 4.47. The summed E-state index contributed by atoms with van der Waals surface area (Å²) in [5.41, 5.74) is 4.59. The first kappa shape index (κ1) is 21.0.